The Morgan fingerprint density at radius 2 is 1.85 bits per heavy atom. The van der Waals surface area contributed by atoms with Gasteiger partial charge >= 0.3 is 5.97 Å². The molecule has 0 aromatic carbocycles. The fourth-order valence-corrected chi connectivity index (χ4v) is 5.65. The highest BCUT2D eigenvalue weighted by molar-refractivity contribution is 7.15. The Labute approximate surface area is 207 Å². The number of nitrogens with zero attached hydrogens (tertiary/aromatic N) is 2. The molecule has 1 aromatic heterocycles. The van der Waals surface area contributed by atoms with Gasteiger partial charge in [-0.2, -0.15) is 0 Å². The van der Waals surface area contributed by atoms with Crippen LogP contribution in [0.2, 0.25) is 0 Å². The van der Waals surface area contributed by atoms with Crippen molar-refractivity contribution in [3.8, 4) is 11.8 Å². The van der Waals surface area contributed by atoms with Crippen molar-refractivity contribution in [3.05, 3.63) is 15.8 Å². The van der Waals surface area contributed by atoms with Crippen LogP contribution in [-0.4, -0.2) is 46.9 Å². The largest absolute Gasteiger partial charge is 0.477 e. The minimum atomic E-state index is -1.09. The molecule has 186 valence electrons. The van der Waals surface area contributed by atoms with E-state index in [2.05, 4.69) is 18.8 Å². The molecule has 6 nitrogen and oxygen atoms in total. The smallest absolute Gasteiger partial charge is 0.348 e. The van der Waals surface area contributed by atoms with E-state index in [9.17, 15) is 19.5 Å². The molecule has 2 amide bonds. The fraction of sp³-hybridized carbons (Fsp3) is 0.667. The maximum absolute atomic E-state index is 14.0. The number of likely N-dealkylation sites (N-methyl/N-ethyl adjacent to an activating group) is 1. The van der Waals surface area contributed by atoms with E-state index in [-0.39, 0.29) is 28.0 Å². The third-order valence-corrected chi connectivity index (χ3v) is 7.80. The highest BCUT2D eigenvalue weighted by Gasteiger charge is 2.40. The molecule has 34 heavy (non-hydrogen) atoms. The summed E-state index contributed by atoms with van der Waals surface area (Å²) in [7, 11) is 0. The van der Waals surface area contributed by atoms with Gasteiger partial charge in [0.05, 0.1) is 10.6 Å². The molecule has 1 saturated carbocycles. The van der Waals surface area contributed by atoms with Gasteiger partial charge in [0.25, 0.3) is 0 Å². The highest BCUT2D eigenvalue weighted by Crippen LogP contribution is 2.37. The van der Waals surface area contributed by atoms with Crippen molar-refractivity contribution in [2.75, 3.05) is 18.0 Å². The number of hydrogen-bond donors (Lipinski definition) is 1. The molecule has 1 atom stereocenters. The standard InChI is InChI=1S/C27H38N2O4S/c1-6-28-16-8-7-9-21(25(28)31)29(24(30)19-12-10-18(2)11-13-19)22-17-20(14-15-27(3,4)5)34-23(22)26(32)33/h17-19,21H,6-13,16H2,1-5H3,(H,32,33)/t18?,19?,21-/m0/s1. The molecule has 1 aromatic rings. The molecule has 1 N–H and O–H groups in total. The van der Waals surface area contributed by atoms with Gasteiger partial charge in [-0.05, 0) is 84.6 Å². The summed E-state index contributed by atoms with van der Waals surface area (Å²) in [5.41, 5.74) is 0.0939. The van der Waals surface area contributed by atoms with Gasteiger partial charge in [0.2, 0.25) is 11.8 Å². The number of amides is 2. The summed E-state index contributed by atoms with van der Waals surface area (Å²) in [5.74, 6) is 5.37. The number of anilines is 1. The molecule has 7 heteroatoms. The summed E-state index contributed by atoms with van der Waals surface area (Å²) < 4.78 is 0. The average Bonchev–Trinajstić information content (AvgIpc) is 3.11. The van der Waals surface area contributed by atoms with Crippen LogP contribution in [0.15, 0.2) is 6.07 Å². The molecule has 1 saturated heterocycles. The lowest BCUT2D eigenvalue weighted by Crippen LogP contribution is -2.52. The van der Waals surface area contributed by atoms with Crippen molar-refractivity contribution in [2.45, 2.75) is 85.6 Å². The van der Waals surface area contributed by atoms with E-state index in [0.717, 1.165) is 49.9 Å². The first-order valence-electron chi connectivity index (χ1n) is 12.5. The van der Waals surface area contributed by atoms with Crippen molar-refractivity contribution >= 4 is 34.8 Å². The van der Waals surface area contributed by atoms with Crippen LogP contribution in [-0.2, 0) is 9.59 Å². The Kier molecular flexibility index (Phi) is 8.46. The van der Waals surface area contributed by atoms with E-state index in [4.69, 9.17) is 0 Å². The summed E-state index contributed by atoms with van der Waals surface area (Å²) in [4.78, 5) is 43.8. The summed E-state index contributed by atoms with van der Waals surface area (Å²) in [5, 5.41) is 10.0. The number of carbonyl (C=O) groups is 3. The molecule has 2 aliphatic rings. The van der Waals surface area contributed by atoms with Gasteiger partial charge in [-0.15, -0.1) is 11.3 Å². The number of carboxylic acid groups (broad SMARTS) is 1. The van der Waals surface area contributed by atoms with E-state index in [0.29, 0.717) is 36.0 Å². The lowest BCUT2D eigenvalue weighted by Gasteiger charge is -2.36. The maximum Gasteiger partial charge on any atom is 0.348 e. The number of aromatic carboxylic acids is 1. The summed E-state index contributed by atoms with van der Waals surface area (Å²) in [6.07, 6.45) is 5.75. The normalized spacial score (nSPS) is 23.6. The van der Waals surface area contributed by atoms with Crippen LogP contribution >= 0.6 is 11.3 Å². The highest BCUT2D eigenvalue weighted by atomic mass is 32.1. The van der Waals surface area contributed by atoms with E-state index in [1.807, 2.05) is 27.7 Å². The Balaban J connectivity index is 2.10. The molecule has 2 fully saturated rings. The summed E-state index contributed by atoms with van der Waals surface area (Å²) in [6, 6.07) is 1.04. The van der Waals surface area contributed by atoms with Crippen LogP contribution in [0.5, 0.6) is 0 Å². The molecule has 1 aliphatic heterocycles. The van der Waals surface area contributed by atoms with Gasteiger partial charge in [0.15, 0.2) is 0 Å². The monoisotopic (exact) mass is 486 g/mol. The molecular formula is C27H38N2O4S. The van der Waals surface area contributed by atoms with Crippen LogP contribution in [0.1, 0.15) is 94.1 Å². The van der Waals surface area contributed by atoms with Crippen LogP contribution in [0.25, 0.3) is 0 Å². The van der Waals surface area contributed by atoms with Crippen LogP contribution in [0, 0.1) is 29.1 Å². The number of carbonyl (C=O) groups excluding carboxylic acids is 2. The van der Waals surface area contributed by atoms with Crippen LogP contribution < -0.4 is 4.90 Å². The number of likely N-dealkylation sites (tertiary alicyclic amines) is 1. The average molecular weight is 487 g/mol. The molecule has 0 radical (unpaired) electrons. The van der Waals surface area contributed by atoms with Gasteiger partial charge in [-0.3, -0.25) is 14.5 Å². The van der Waals surface area contributed by atoms with E-state index in [1.165, 1.54) is 0 Å². The molecule has 0 spiro atoms. The van der Waals surface area contributed by atoms with Gasteiger partial charge in [-0.25, -0.2) is 4.79 Å². The molecule has 0 unspecified atom stereocenters. The Hall–Kier alpha value is -2.33. The SMILES string of the molecule is CCN1CCCC[C@H](N(C(=O)C2CCC(C)CC2)c2cc(C#CC(C)(C)C)sc2C(=O)O)C1=O. The molecule has 3 rings (SSSR count). The van der Waals surface area contributed by atoms with Crippen molar-refractivity contribution in [1.29, 1.82) is 0 Å². The fourth-order valence-electron chi connectivity index (χ4n) is 4.81. The first-order valence-corrected chi connectivity index (χ1v) is 13.4. The Bertz CT molecular complexity index is 973. The Morgan fingerprint density at radius 1 is 1.18 bits per heavy atom. The quantitative estimate of drug-likeness (QED) is 0.565. The predicted molar refractivity (Wildman–Crippen MR) is 136 cm³/mol. The van der Waals surface area contributed by atoms with Crippen molar-refractivity contribution in [2.24, 2.45) is 17.3 Å². The van der Waals surface area contributed by atoms with Gasteiger partial charge < -0.3 is 10.0 Å². The second-order valence-corrected chi connectivity index (χ2v) is 11.8. The van der Waals surface area contributed by atoms with E-state index in [1.54, 1.807) is 15.9 Å². The topological polar surface area (TPSA) is 77.9 Å². The summed E-state index contributed by atoms with van der Waals surface area (Å²) >= 11 is 1.09. The first kappa shape index (κ1) is 26.3. The number of thiophene rings is 1. The second-order valence-electron chi connectivity index (χ2n) is 10.7. The number of carboxylic acids is 1. The van der Waals surface area contributed by atoms with Crippen molar-refractivity contribution in [1.82, 2.24) is 4.90 Å². The number of rotatable bonds is 5. The lowest BCUT2D eigenvalue weighted by atomic mass is 9.82. The zero-order chi connectivity index (χ0) is 25.0. The predicted octanol–water partition coefficient (Wildman–Crippen LogP) is 5.40. The van der Waals surface area contributed by atoms with Gasteiger partial charge in [-0.1, -0.05) is 18.8 Å². The second kappa shape index (κ2) is 10.9. The van der Waals surface area contributed by atoms with Crippen LogP contribution in [0.3, 0.4) is 0 Å². The van der Waals surface area contributed by atoms with E-state index >= 15 is 0 Å². The van der Waals surface area contributed by atoms with Gasteiger partial charge in [0, 0.05) is 24.4 Å². The van der Waals surface area contributed by atoms with Crippen molar-refractivity contribution < 1.29 is 19.5 Å². The molecule has 2 heterocycles. The third-order valence-electron chi connectivity index (χ3n) is 6.78. The Morgan fingerprint density at radius 3 is 2.44 bits per heavy atom. The minimum absolute atomic E-state index is 0.0795. The maximum atomic E-state index is 14.0. The lowest BCUT2D eigenvalue weighted by molar-refractivity contribution is -0.135. The molecular weight excluding hydrogens is 448 g/mol. The van der Waals surface area contributed by atoms with Crippen molar-refractivity contribution in [3.63, 3.8) is 0 Å². The first-order chi connectivity index (χ1) is 16.0. The van der Waals surface area contributed by atoms with E-state index < -0.39 is 12.0 Å². The molecule has 1 aliphatic carbocycles. The number of hydrogen-bond acceptors (Lipinski definition) is 4. The molecule has 0 bridgehead atoms. The summed E-state index contributed by atoms with van der Waals surface area (Å²) in [6.45, 7) is 11.4. The third kappa shape index (κ3) is 6.21. The van der Waals surface area contributed by atoms with Crippen LogP contribution in [0.4, 0.5) is 5.69 Å². The van der Waals surface area contributed by atoms with Gasteiger partial charge in [0.1, 0.15) is 10.9 Å². The zero-order valence-corrected chi connectivity index (χ0v) is 22.0. The minimum Gasteiger partial charge on any atom is -0.477 e. The zero-order valence-electron chi connectivity index (χ0n) is 21.1.